The third-order valence-electron chi connectivity index (χ3n) is 3.41. The minimum Gasteiger partial charge on any atom is -0.373 e. The second-order valence-corrected chi connectivity index (χ2v) is 4.56. The van der Waals surface area contributed by atoms with Gasteiger partial charge < -0.3 is 9.64 Å². The van der Waals surface area contributed by atoms with Crippen LogP contribution in [0.15, 0.2) is 0 Å². The summed E-state index contributed by atoms with van der Waals surface area (Å²) >= 11 is 0. The Bertz CT molecular complexity index is 158. The molecule has 2 unspecified atom stereocenters. The first-order chi connectivity index (χ1) is 7.31. The highest BCUT2D eigenvalue weighted by atomic mass is 35.5. The van der Waals surface area contributed by atoms with Gasteiger partial charge in [-0.05, 0) is 25.9 Å². The molecule has 1 fully saturated rings. The van der Waals surface area contributed by atoms with Crippen molar-refractivity contribution in [2.24, 2.45) is 0 Å². The summed E-state index contributed by atoms with van der Waals surface area (Å²) in [5.41, 5.74) is 0. The molecule has 1 aliphatic heterocycles. The summed E-state index contributed by atoms with van der Waals surface area (Å²) in [4.78, 5) is 2.59. The molecule has 0 aromatic rings. The van der Waals surface area contributed by atoms with Crippen LogP contribution in [0.4, 0.5) is 0 Å². The van der Waals surface area contributed by atoms with Gasteiger partial charge in [-0.3, -0.25) is 0 Å². The van der Waals surface area contributed by atoms with E-state index in [4.69, 9.17) is 4.74 Å². The van der Waals surface area contributed by atoms with Gasteiger partial charge in [-0.25, -0.2) is 0 Å². The van der Waals surface area contributed by atoms with Crippen LogP contribution in [-0.2, 0) is 4.74 Å². The maximum absolute atomic E-state index is 5.36. The fraction of sp³-hybridized carbons (Fsp3) is 1.00. The van der Waals surface area contributed by atoms with Gasteiger partial charge in [-0.1, -0.05) is 40.0 Å². The molecule has 0 radical (unpaired) electrons. The van der Waals surface area contributed by atoms with Crippen LogP contribution in [-0.4, -0.2) is 36.7 Å². The molecular weight excluding hydrogens is 222 g/mol. The molecule has 98 valence electrons. The molecule has 0 amide bonds. The van der Waals surface area contributed by atoms with Crippen LogP contribution in [0.3, 0.4) is 0 Å². The van der Waals surface area contributed by atoms with Crippen molar-refractivity contribution in [3.8, 4) is 0 Å². The van der Waals surface area contributed by atoms with E-state index in [2.05, 4.69) is 25.7 Å². The van der Waals surface area contributed by atoms with E-state index < -0.39 is 0 Å². The van der Waals surface area contributed by atoms with Crippen LogP contribution in [0.2, 0.25) is 0 Å². The normalized spacial score (nSPS) is 20.6. The van der Waals surface area contributed by atoms with Crippen molar-refractivity contribution in [3.63, 3.8) is 0 Å². The summed E-state index contributed by atoms with van der Waals surface area (Å²) in [6.07, 6.45) is 7.27. The van der Waals surface area contributed by atoms with E-state index in [0.29, 0.717) is 6.10 Å². The van der Waals surface area contributed by atoms with E-state index in [-0.39, 0.29) is 12.4 Å². The quantitative estimate of drug-likeness (QED) is 0.459. The first kappa shape index (κ1) is 16.2. The van der Waals surface area contributed by atoms with E-state index in [1.165, 1.54) is 45.2 Å². The molecule has 1 aliphatic rings. The van der Waals surface area contributed by atoms with Gasteiger partial charge in [-0.15, -0.1) is 12.4 Å². The molecule has 1 heterocycles. The number of unbranched alkanes of at least 4 members (excludes halogenated alkanes) is 2. The fourth-order valence-corrected chi connectivity index (χ4v) is 2.33. The number of nitrogens with zero attached hydrogens (tertiary/aromatic N) is 1. The average molecular weight is 250 g/mol. The highest BCUT2D eigenvalue weighted by Crippen LogP contribution is 2.22. The maximum Gasteiger partial charge on any atom is 0.0824 e. The van der Waals surface area contributed by atoms with Gasteiger partial charge in [0, 0.05) is 6.04 Å². The van der Waals surface area contributed by atoms with Crippen molar-refractivity contribution in [2.45, 2.75) is 65.0 Å². The predicted molar refractivity (Wildman–Crippen MR) is 72.5 cm³/mol. The maximum atomic E-state index is 5.36. The van der Waals surface area contributed by atoms with Crippen molar-refractivity contribution in [3.05, 3.63) is 0 Å². The minimum absolute atomic E-state index is 0. The van der Waals surface area contributed by atoms with Crippen LogP contribution >= 0.6 is 12.4 Å². The summed E-state index contributed by atoms with van der Waals surface area (Å²) in [6, 6.07) is 0.763. The molecular formula is C13H28ClNO. The molecule has 1 rings (SSSR count). The summed E-state index contributed by atoms with van der Waals surface area (Å²) in [6.45, 7) is 10.2. The zero-order valence-corrected chi connectivity index (χ0v) is 11.9. The summed E-state index contributed by atoms with van der Waals surface area (Å²) < 4.78 is 5.36. The molecule has 0 saturated carbocycles. The average Bonchev–Trinajstić information content (AvgIpc) is 3.03. The van der Waals surface area contributed by atoms with Gasteiger partial charge in [0.25, 0.3) is 0 Å². The minimum atomic E-state index is 0. The van der Waals surface area contributed by atoms with Gasteiger partial charge in [0.05, 0.1) is 12.7 Å². The molecule has 2 nitrogen and oxygen atoms in total. The Hall–Kier alpha value is 0.210. The standard InChI is InChI=1S/C13H27NO.ClH/c1-4-7-8-9-12(10-13-11-15-13)14(5-2)6-3;/h12-13H,4-11H2,1-3H3;1H. The van der Waals surface area contributed by atoms with Crippen LogP contribution in [0.1, 0.15) is 52.9 Å². The molecule has 3 heteroatoms. The van der Waals surface area contributed by atoms with Gasteiger partial charge in [0.2, 0.25) is 0 Å². The van der Waals surface area contributed by atoms with Crippen molar-refractivity contribution >= 4 is 12.4 Å². The molecule has 0 aromatic carbocycles. The van der Waals surface area contributed by atoms with Crippen LogP contribution < -0.4 is 0 Å². The van der Waals surface area contributed by atoms with Gasteiger partial charge in [0.15, 0.2) is 0 Å². The van der Waals surface area contributed by atoms with Crippen molar-refractivity contribution in [1.82, 2.24) is 4.90 Å². The monoisotopic (exact) mass is 249 g/mol. The summed E-state index contributed by atoms with van der Waals surface area (Å²) in [5, 5.41) is 0. The zero-order chi connectivity index (χ0) is 11.1. The van der Waals surface area contributed by atoms with Crippen molar-refractivity contribution in [1.29, 1.82) is 0 Å². The summed E-state index contributed by atoms with van der Waals surface area (Å²) in [7, 11) is 0. The molecule has 0 spiro atoms. The number of rotatable bonds is 9. The Kier molecular flexibility index (Phi) is 9.38. The van der Waals surface area contributed by atoms with E-state index >= 15 is 0 Å². The lowest BCUT2D eigenvalue weighted by Gasteiger charge is -2.29. The summed E-state index contributed by atoms with van der Waals surface area (Å²) in [5.74, 6) is 0. The predicted octanol–water partition coefficient (Wildman–Crippen LogP) is 3.49. The van der Waals surface area contributed by atoms with Crippen LogP contribution in [0, 0.1) is 0 Å². The number of hydrogen-bond acceptors (Lipinski definition) is 2. The topological polar surface area (TPSA) is 15.8 Å². The molecule has 2 atom stereocenters. The Morgan fingerprint density at radius 2 is 1.81 bits per heavy atom. The van der Waals surface area contributed by atoms with Gasteiger partial charge in [0.1, 0.15) is 0 Å². The number of epoxide rings is 1. The number of hydrogen-bond donors (Lipinski definition) is 0. The van der Waals surface area contributed by atoms with E-state index in [9.17, 15) is 0 Å². The van der Waals surface area contributed by atoms with Crippen molar-refractivity contribution in [2.75, 3.05) is 19.7 Å². The third kappa shape index (κ3) is 6.07. The molecule has 16 heavy (non-hydrogen) atoms. The second-order valence-electron chi connectivity index (χ2n) is 4.56. The SMILES string of the molecule is CCCCCC(CC1CO1)N(CC)CC.Cl. The van der Waals surface area contributed by atoms with E-state index in [1.54, 1.807) is 0 Å². The lowest BCUT2D eigenvalue weighted by Crippen LogP contribution is -2.36. The van der Waals surface area contributed by atoms with Gasteiger partial charge >= 0.3 is 0 Å². The van der Waals surface area contributed by atoms with Gasteiger partial charge in [-0.2, -0.15) is 0 Å². The Balaban J connectivity index is 0.00000225. The smallest absolute Gasteiger partial charge is 0.0824 e. The number of ether oxygens (including phenoxy) is 1. The Morgan fingerprint density at radius 1 is 1.19 bits per heavy atom. The Labute approximate surface area is 107 Å². The van der Waals surface area contributed by atoms with Crippen LogP contribution in [0.25, 0.3) is 0 Å². The third-order valence-corrected chi connectivity index (χ3v) is 3.41. The lowest BCUT2D eigenvalue weighted by molar-refractivity contribution is 0.179. The fourth-order valence-electron chi connectivity index (χ4n) is 2.33. The lowest BCUT2D eigenvalue weighted by atomic mass is 10.0. The first-order valence-corrected chi connectivity index (χ1v) is 6.67. The highest BCUT2D eigenvalue weighted by Gasteiger charge is 2.28. The van der Waals surface area contributed by atoms with Crippen molar-refractivity contribution < 1.29 is 4.74 Å². The largest absolute Gasteiger partial charge is 0.373 e. The highest BCUT2D eigenvalue weighted by molar-refractivity contribution is 5.85. The molecule has 1 saturated heterocycles. The molecule has 0 N–H and O–H groups in total. The van der Waals surface area contributed by atoms with E-state index in [1.807, 2.05) is 0 Å². The molecule has 0 bridgehead atoms. The zero-order valence-electron chi connectivity index (χ0n) is 11.1. The van der Waals surface area contributed by atoms with E-state index in [0.717, 1.165) is 12.6 Å². The molecule has 0 aliphatic carbocycles. The number of halogens is 1. The first-order valence-electron chi connectivity index (χ1n) is 6.67. The second kappa shape index (κ2) is 9.26. The van der Waals surface area contributed by atoms with Crippen LogP contribution in [0.5, 0.6) is 0 Å². The molecule has 0 aromatic heterocycles. The Morgan fingerprint density at radius 3 is 2.25 bits per heavy atom.